The van der Waals surface area contributed by atoms with Gasteiger partial charge in [0.15, 0.2) is 0 Å². The smallest absolute Gasteiger partial charge is 0.415 e. The van der Waals surface area contributed by atoms with Crippen LogP contribution in [0.3, 0.4) is 0 Å². The van der Waals surface area contributed by atoms with Crippen LogP contribution in [0.1, 0.15) is 12.5 Å². The first-order valence-corrected chi connectivity index (χ1v) is 6.89. The van der Waals surface area contributed by atoms with Crippen molar-refractivity contribution in [2.24, 2.45) is 0 Å². The molecule has 0 aliphatic rings. The zero-order chi connectivity index (χ0) is 15.1. The molecule has 0 saturated heterocycles. The number of hydrogen-bond donors (Lipinski definition) is 0. The monoisotopic (exact) mass is 285 g/mol. The molecule has 2 aromatic carbocycles. The Morgan fingerprint density at radius 3 is 2.43 bits per heavy atom. The number of benzene rings is 2. The average Bonchev–Trinajstić information content (AvgIpc) is 2.50. The van der Waals surface area contributed by atoms with Crippen LogP contribution in [-0.4, -0.2) is 24.6 Å². The van der Waals surface area contributed by atoms with E-state index < -0.39 is 6.09 Å². The van der Waals surface area contributed by atoms with E-state index in [0.29, 0.717) is 18.9 Å². The Labute approximate surface area is 124 Å². The molecule has 2 aromatic rings. The number of carbonyl (C=O) groups excluding carboxylic acids is 1. The number of amides is 1. The maximum absolute atomic E-state index is 12.0. The lowest BCUT2D eigenvalue weighted by Crippen LogP contribution is -2.29. The molecule has 0 fully saturated rings. The molecule has 21 heavy (non-hydrogen) atoms. The Morgan fingerprint density at radius 2 is 1.71 bits per heavy atom. The third-order valence-corrected chi connectivity index (χ3v) is 2.94. The Balaban J connectivity index is 2.01. The zero-order valence-electron chi connectivity index (χ0n) is 12.3. The highest BCUT2D eigenvalue weighted by atomic mass is 16.6. The Morgan fingerprint density at radius 1 is 1.05 bits per heavy atom. The van der Waals surface area contributed by atoms with Crippen molar-refractivity contribution in [2.45, 2.75) is 13.5 Å². The zero-order valence-corrected chi connectivity index (χ0v) is 12.3. The van der Waals surface area contributed by atoms with Gasteiger partial charge in [0.05, 0.1) is 13.2 Å². The second-order valence-electron chi connectivity index (χ2n) is 4.58. The summed E-state index contributed by atoms with van der Waals surface area (Å²) in [6.45, 7) is 2.96. The molecule has 4 nitrogen and oxygen atoms in total. The molecule has 4 heteroatoms. The highest BCUT2D eigenvalue weighted by Gasteiger charge is 2.13. The van der Waals surface area contributed by atoms with E-state index in [1.165, 1.54) is 4.90 Å². The molecular weight excluding hydrogens is 266 g/mol. The molecule has 2 rings (SSSR count). The quantitative estimate of drug-likeness (QED) is 0.840. The van der Waals surface area contributed by atoms with Crippen LogP contribution in [0.15, 0.2) is 54.6 Å². The van der Waals surface area contributed by atoms with E-state index in [9.17, 15) is 4.79 Å². The summed E-state index contributed by atoms with van der Waals surface area (Å²) >= 11 is 0. The summed E-state index contributed by atoms with van der Waals surface area (Å²) in [5, 5.41) is 0. The number of para-hydroxylation sites is 2. The first-order valence-electron chi connectivity index (χ1n) is 6.89. The molecule has 0 aliphatic carbocycles. The highest BCUT2D eigenvalue weighted by Crippen LogP contribution is 2.20. The maximum atomic E-state index is 12.0. The van der Waals surface area contributed by atoms with Gasteiger partial charge in [-0.25, -0.2) is 4.79 Å². The molecule has 1 amide bonds. The third-order valence-electron chi connectivity index (χ3n) is 2.94. The predicted octanol–water partition coefficient (Wildman–Crippen LogP) is 3.72. The van der Waals surface area contributed by atoms with E-state index in [1.807, 2.05) is 49.4 Å². The van der Waals surface area contributed by atoms with E-state index in [1.54, 1.807) is 19.2 Å². The largest absolute Gasteiger partial charge is 0.494 e. The minimum atomic E-state index is -0.396. The van der Waals surface area contributed by atoms with Crippen LogP contribution in [0.5, 0.6) is 11.5 Å². The van der Waals surface area contributed by atoms with Crippen LogP contribution >= 0.6 is 0 Å². The maximum Gasteiger partial charge on any atom is 0.415 e. The van der Waals surface area contributed by atoms with Crippen molar-refractivity contribution in [1.82, 2.24) is 4.90 Å². The molecule has 0 N–H and O–H groups in total. The van der Waals surface area contributed by atoms with Gasteiger partial charge in [-0.05, 0) is 25.1 Å². The van der Waals surface area contributed by atoms with Crippen molar-refractivity contribution < 1.29 is 14.3 Å². The van der Waals surface area contributed by atoms with E-state index in [2.05, 4.69) is 0 Å². The van der Waals surface area contributed by atoms with Gasteiger partial charge in [0.25, 0.3) is 0 Å². The van der Waals surface area contributed by atoms with Gasteiger partial charge in [-0.2, -0.15) is 0 Å². The van der Waals surface area contributed by atoms with Gasteiger partial charge in [0, 0.05) is 12.6 Å². The van der Waals surface area contributed by atoms with Gasteiger partial charge in [-0.1, -0.05) is 36.4 Å². The molecule has 0 saturated carbocycles. The fourth-order valence-corrected chi connectivity index (χ4v) is 1.92. The summed E-state index contributed by atoms with van der Waals surface area (Å²) < 4.78 is 10.9. The molecule has 0 heterocycles. The average molecular weight is 285 g/mol. The molecule has 0 atom stereocenters. The number of carbonyl (C=O) groups is 1. The lowest BCUT2D eigenvalue weighted by Gasteiger charge is -2.18. The van der Waals surface area contributed by atoms with Gasteiger partial charge in [-0.3, -0.25) is 0 Å². The van der Waals surface area contributed by atoms with Gasteiger partial charge in [0.2, 0.25) is 0 Å². The molecule has 0 radical (unpaired) electrons. The Hall–Kier alpha value is -2.49. The van der Waals surface area contributed by atoms with Crippen molar-refractivity contribution in [1.29, 1.82) is 0 Å². The van der Waals surface area contributed by atoms with E-state index in [4.69, 9.17) is 9.47 Å². The van der Waals surface area contributed by atoms with E-state index in [0.717, 1.165) is 11.3 Å². The highest BCUT2D eigenvalue weighted by molar-refractivity contribution is 5.70. The van der Waals surface area contributed by atoms with Gasteiger partial charge < -0.3 is 14.4 Å². The Bertz CT molecular complexity index is 584. The molecule has 0 bridgehead atoms. The number of nitrogens with zero attached hydrogens (tertiary/aromatic N) is 1. The van der Waals surface area contributed by atoms with E-state index in [-0.39, 0.29) is 0 Å². The summed E-state index contributed by atoms with van der Waals surface area (Å²) in [5.74, 6) is 1.33. The standard InChI is InChI=1S/C17H19NO3/c1-3-20-16-12-8-7-9-14(16)13-18(2)17(19)21-15-10-5-4-6-11-15/h4-12H,3,13H2,1-2H3. The Kier molecular flexibility index (Phi) is 5.21. The van der Waals surface area contributed by atoms with Crippen molar-refractivity contribution in [3.63, 3.8) is 0 Å². The first-order chi connectivity index (χ1) is 10.2. The molecule has 110 valence electrons. The normalized spacial score (nSPS) is 10.0. The molecule has 0 spiro atoms. The van der Waals surface area contributed by atoms with Crippen molar-refractivity contribution in [3.05, 3.63) is 60.2 Å². The van der Waals surface area contributed by atoms with Gasteiger partial charge in [-0.15, -0.1) is 0 Å². The van der Waals surface area contributed by atoms with E-state index >= 15 is 0 Å². The van der Waals surface area contributed by atoms with Gasteiger partial charge >= 0.3 is 6.09 Å². The number of ether oxygens (including phenoxy) is 2. The lowest BCUT2D eigenvalue weighted by atomic mass is 10.2. The minimum absolute atomic E-state index is 0.396. The molecule has 0 aromatic heterocycles. The summed E-state index contributed by atoms with van der Waals surface area (Å²) in [5.41, 5.74) is 0.951. The predicted molar refractivity (Wildman–Crippen MR) is 81.5 cm³/mol. The topological polar surface area (TPSA) is 38.8 Å². The van der Waals surface area contributed by atoms with Crippen molar-refractivity contribution in [3.8, 4) is 11.5 Å². The summed E-state index contributed by atoms with van der Waals surface area (Å²) in [4.78, 5) is 13.6. The molecule has 0 aliphatic heterocycles. The fraction of sp³-hybridized carbons (Fsp3) is 0.235. The number of rotatable bonds is 5. The first kappa shape index (κ1) is 14.9. The van der Waals surface area contributed by atoms with Crippen LogP contribution in [0.2, 0.25) is 0 Å². The second-order valence-corrected chi connectivity index (χ2v) is 4.58. The van der Waals surface area contributed by atoms with Gasteiger partial charge in [0.1, 0.15) is 11.5 Å². The van der Waals surface area contributed by atoms with Crippen LogP contribution in [-0.2, 0) is 6.54 Å². The minimum Gasteiger partial charge on any atom is -0.494 e. The number of hydrogen-bond acceptors (Lipinski definition) is 3. The summed E-state index contributed by atoms with van der Waals surface area (Å²) in [6.07, 6.45) is -0.396. The SMILES string of the molecule is CCOc1ccccc1CN(C)C(=O)Oc1ccccc1. The van der Waals surface area contributed by atoms with Crippen molar-refractivity contribution >= 4 is 6.09 Å². The van der Waals surface area contributed by atoms with Crippen LogP contribution in [0.25, 0.3) is 0 Å². The van der Waals surface area contributed by atoms with Crippen LogP contribution in [0.4, 0.5) is 4.79 Å². The van der Waals surface area contributed by atoms with Crippen molar-refractivity contribution in [2.75, 3.05) is 13.7 Å². The lowest BCUT2D eigenvalue weighted by molar-refractivity contribution is 0.160. The van der Waals surface area contributed by atoms with Crippen LogP contribution in [0, 0.1) is 0 Å². The fourth-order valence-electron chi connectivity index (χ4n) is 1.92. The molecular formula is C17H19NO3. The third kappa shape index (κ3) is 4.24. The molecule has 0 unspecified atom stereocenters. The summed E-state index contributed by atoms with van der Waals surface area (Å²) in [6, 6.07) is 16.7. The van der Waals surface area contributed by atoms with Crippen LogP contribution < -0.4 is 9.47 Å². The second kappa shape index (κ2) is 7.33. The summed E-state index contributed by atoms with van der Waals surface area (Å²) in [7, 11) is 1.70.